The molecule has 0 bridgehead atoms. The predicted octanol–water partition coefficient (Wildman–Crippen LogP) is 0.959. The minimum absolute atomic E-state index is 0.748. The molecule has 2 fully saturated rings. The fourth-order valence-electron chi connectivity index (χ4n) is 3.57. The zero-order valence-electron chi connectivity index (χ0n) is 16.1. The Bertz CT molecular complexity index is 738. The zero-order chi connectivity index (χ0) is 18.6. The highest BCUT2D eigenvalue weighted by Crippen LogP contribution is 2.22. The lowest BCUT2D eigenvalue weighted by Crippen LogP contribution is -2.47. The number of anilines is 3. The fourth-order valence-corrected chi connectivity index (χ4v) is 3.57. The Balaban J connectivity index is 1.38. The Morgan fingerprint density at radius 1 is 0.815 bits per heavy atom. The van der Waals surface area contributed by atoms with Crippen LogP contribution in [0.3, 0.4) is 0 Å². The lowest BCUT2D eigenvalue weighted by molar-refractivity contribution is 0.311. The van der Waals surface area contributed by atoms with E-state index in [-0.39, 0.29) is 0 Å². The van der Waals surface area contributed by atoms with E-state index < -0.39 is 0 Å². The number of likely N-dealkylation sites (N-methyl/N-ethyl adjacent to an activating group) is 1. The molecule has 0 aliphatic carbocycles. The molecule has 4 rings (SSSR count). The largest absolute Gasteiger partial charge is 0.497 e. The van der Waals surface area contributed by atoms with Crippen LogP contribution in [-0.4, -0.2) is 86.6 Å². The molecular formula is C19H27N7O. The van der Waals surface area contributed by atoms with Gasteiger partial charge >= 0.3 is 0 Å². The molecule has 0 spiro atoms. The summed E-state index contributed by atoms with van der Waals surface area (Å²) >= 11 is 0. The monoisotopic (exact) mass is 369 g/mol. The van der Waals surface area contributed by atoms with Crippen molar-refractivity contribution < 1.29 is 4.74 Å². The maximum absolute atomic E-state index is 5.24. The smallest absolute Gasteiger partial charge is 0.247 e. The number of hydrogen-bond donors (Lipinski definition) is 0. The number of aromatic nitrogens is 3. The third kappa shape index (κ3) is 4.05. The second-order valence-electron chi connectivity index (χ2n) is 7.08. The summed E-state index contributed by atoms with van der Waals surface area (Å²) in [6.45, 7) is 7.74. The lowest BCUT2D eigenvalue weighted by atomic mass is 10.2. The van der Waals surface area contributed by atoms with Crippen LogP contribution in [0.1, 0.15) is 0 Å². The first-order chi connectivity index (χ1) is 13.2. The molecule has 0 saturated carbocycles. The summed E-state index contributed by atoms with van der Waals surface area (Å²) in [6.07, 6.45) is 1.78. The van der Waals surface area contributed by atoms with Crippen LogP contribution in [0.15, 0.2) is 30.5 Å². The summed E-state index contributed by atoms with van der Waals surface area (Å²) in [5.41, 5.74) is 1.23. The Labute approximate surface area is 160 Å². The van der Waals surface area contributed by atoms with Gasteiger partial charge in [0.25, 0.3) is 0 Å². The molecule has 2 aliphatic rings. The summed E-state index contributed by atoms with van der Waals surface area (Å²) in [7, 11) is 3.84. The summed E-state index contributed by atoms with van der Waals surface area (Å²) < 4.78 is 5.24. The molecule has 8 nitrogen and oxygen atoms in total. The fraction of sp³-hybridized carbons (Fsp3) is 0.526. The molecule has 1 aromatic carbocycles. The van der Waals surface area contributed by atoms with Crippen molar-refractivity contribution in [1.29, 1.82) is 0 Å². The van der Waals surface area contributed by atoms with Gasteiger partial charge in [-0.15, -0.1) is 5.10 Å². The second-order valence-corrected chi connectivity index (χ2v) is 7.08. The Hall–Kier alpha value is -2.61. The van der Waals surface area contributed by atoms with Gasteiger partial charge in [0.15, 0.2) is 5.82 Å². The Kier molecular flexibility index (Phi) is 5.24. The van der Waals surface area contributed by atoms with Crippen LogP contribution in [-0.2, 0) is 0 Å². The highest BCUT2D eigenvalue weighted by molar-refractivity contribution is 5.51. The first-order valence-corrected chi connectivity index (χ1v) is 9.50. The van der Waals surface area contributed by atoms with Crippen molar-refractivity contribution in [2.75, 3.05) is 81.2 Å². The van der Waals surface area contributed by atoms with Gasteiger partial charge in [-0.1, -0.05) is 0 Å². The van der Waals surface area contributed by atoms with Crippen LogP contribution in [0.4, 0.5) is 17.5 Å². The number of hydrogen-bond acceptors (Lipinski definition) is 8. The van der Waals surface area contributed by atoms with Gasteiger partial charge in [0.05, 0.1) is 13.3 Å². The average Bonchev–Trinajstić information content (AvgIpc) is 2.75. The normalized spacial score (nSPS) is 18.7. The molecule has 0 N–H and O–H groups in total. The summed E-state index contributed by atoms with van der Waals surface area (Å²) in [5.74, 6) is 2.56. The summed E-state index contributed by atoms with van der Waals surface area (Å²) in [4.78, 5) is 14.0. The van der Waals surface area contributed by atoms with E-state index >= 15 is 0 Å². The van der Waals surface area contributed by atoms with Crippen molar-refractivity contribution in [1.82, 2.24) is 20.1 Å². The average molecular weight is 369 g/mol. The molecule has 27 heavy (non-hydrogen) atoms. The molecule has 144 valence electrons. The van der Waals surface area contributed by atoms with Crippen LogP contribution in [0.5, 0.6) is 5.75 Å². The Morgan fingerprint density at radius 3 is 2.11 bits per heavy atom. The third-order valence-corrected chi connectivity index (χ3v) is 5.36. The maximum Gasteiger partial charge on any atom is 0.247 e. The van der Waals surface area contributed by atoms with Gasteiger partial charge in [-0.3, -0.25) is 0 Å². The summed E-state index contributed by atoms with van der Waals surface area (Å²) in [5, 5.41) is 8.47. The van der Waals surface area contributed by atoms with Crippen LogP contribution in [0, 0.1) is 0 Å². The first-order valence-electron chi connectivity index (χ1n) is 9.50. The number of benzene rings is 1. The van der Waals surface area contributed by atoms with Gasteiger partial charge in [-0.2, -0.15) is 10.1 Å². The van der Waals surface area contributed by atoms with Gasteiger partial charge in [0.1, 0.15) is 5.75 Å². The molecule has 0 atom stereocenters. The quantitative estimate of drug-likeness (QED) is 0.790. The van der Waals surface area contributed by atoms with Crippen LogP contribution < -0.4 is 19.4 Å². The van der Waals surface area contributed by atoms with Crippen LogP contribution in [0.2, 0.25) is 0 Å². The second kappa shape index (κ2) is 7.96. The molecular weight excluding hydrogens is 342 g/mol. The first kappa shape index (κ1) is 17.8. The molecule has 0 amide bonds. The van der Waals surface area contributed by atoms with Gasteiger partial charge in [0, 0.05) is 58.0 Å². The minimum Gasteiger partial charge on any atom is -0.497 e. The molecule has 2 aliphatic heterocycles. The highest BCUT2D eigenvalue weighted by atomic mass is 16.5. The SMILES string of the molecule is COc1ccc(N2CCN(c3cnnc(N4CCN(C)CC4)n3)CC2)cc1. The zero-order valence-corrected chi connectivity index (χ0v) is 16.1. The molecule has 0 unspecified atom stereocenters. The van der Waals surface area contributed by atoms with Crippen molar-refractivity contribution in [3.8, 4) is 5.75 Å². The topological polar surface area (TPSA) is 60.9 Å². The van der Waals surface area contributed by atoms with E-state index in [0.29, 0.717) is 0 Å². The predicted molar refractivity (Wildman–Crippen MR) is 107 cm³/mol. The van der Waals surface area contributed by atoms with Gasteiger partial charge in [-0.05, 0) is 31.3 Å². The molecule has 2 aromatic rings. The van der Waals surface area contributed by atoms with Crippen molar-refractivity contribution in [3.63, 3.8) is 0 Å². The van der Waals surface area contributed by atoms with E-state index in [1.807, 2.05) is 12.1 Å². The van der Waals surface area contributed by atoms with Crippen LogP contribution in [0.25, 0.3) is 0 Å². The number of rotatable bonds is 4. The van der Waals surface area contributed by atoms with Gasteiger partial charge in [0.2, 0.25) is 5.95 Å². The number of nitrogens with zero attached hydrogens (tertiary/aromatic N) is 7. The van der Waals surface area contributed by atoms with Crippen molar-refractivity contribution in [2.24, 2.45) is 0 Å². The highest BCUT2D eigenvalue weighted by Gasteiger charge is 2.21. The third-order valence-electron chi connectivity index (χ3n) is 5.36. The molecule has 8 heteroatoms. The van der Waals surface area contributed by atoms with E-state index in [2.05, 4.69) is 49.0 Å². The van der Waals surface area contributed by atoms with Gasteiger partial charge in [-0.25, -0.2) is 0 Å². The number of piperazine rings is 2. The molecule has 1 aromatic heterocycles. The van der Waals surface area contributed by atoms with Crippen LogP contribution >= 0.6 is 0 Å². The number of methoxy groups -OCH3 is 1. The Morgan fingerprint density at radius 2 is 1.44 bits per heavy atom. The minimum atomic E-state index is 0.748. The summed E-state index contributed by atoms with van der Waals surface area (Å²) in [6, 6.07) is 8.26. The molecule has 3 heterocycles. The van der Waals surface area contributed by atoms with E-state index in [4.69, 9.17) is 9.72 Å². The lowest BCUT2D eigenvalue weighted by Gasteiger charge is -2.37. The standard InChI is InChI=1S/C19H27N7O/c1-23-7-9-26(10-8-23)19-21-18(15-20-22-19)25-13-11-24(12-14-25)16-3-5-17(27-2)6-4-16/h3-6,15H,7-14H2,1-2H3. The maximum atomic E-state index is 5.24. The molecule has 0 radical (unpaired) electrons. The van der Waals surface area contributed by atoms with Crippen molar-refractivity contribution >= 4 is 17.5 Å². The van der Waals surface area contributed by atoms with E-state index in [9.17, 15) is 0 Å². The number of ether oxygens (including phenoxy) is 1. The van der Waals surface area contributed by atoms with E-state index in [0.717, 1.165) is 69.9 Å². The van der Waals surface area contributed by atoms with E-state index in [1.54, 1.807) is 13.3 Å². The van der Waals surface area contributed by atoms with E-state index in [1.165, 1.54) is 5.69 Å². The molecule has 2 saturated heterocycles. The van der Waals surface area contributed by atoms with Crippen molar-refractivity contribution in [3.05, 3.63) is 30.5 Å². The van der Waals surface area contributed by atoms with Crippen molar-refractivity contribution in [2.45, 2.75) is 0 Å². The van der Waals surface area contributed by atoms with Gasteiger partial charge < -0.3 is 24.3 Å².